The van der Waals surface area contributed by atoms with Gasteiger partial charge in [0.25, 0.3) is 5.91 Å². The average molecular weight is 1080 g/mol. The molecule has 8 aliphatic heterocycles. The second-order valence-electron chi connectivity index (χ2n) is 23.6. The fourth-order valence-electron chi connectivity index (χ4n) is 14.8. The number of rotatable bonds is 10. The molecule has 7 fully saturated rings. The van der Waals surface area contributed by atoms with E-state index >= 15 is 8.78 Å². The maximum absolute atomic E-state index is 17.4. The fraction of sp³-hybridized carbons (Fsp3) is 0.517. The Kier molecular flexibility index (Phi) is 12.5. The molecule has 1 saturated carbocycles. The Labute approximate surface area is 456 Å². The highest BCUT2D eigenvalue weighted by Gasteiger charge is 2.54. The Morgan fingerprint density at radius 1 is 0.873 bits per heavy atom. The molecule has 79 heavy (non-hydrogen) atoms. The summed E-state index contributed by atoms with van der Waals surface area (Å²) in [5.74, 6) is 1.00. The van der Waals surface area contributed by atoms with Gasteiger partial charge in [-0.1, -0.05) is 30.2 Å². The monoisotopic (exact) mass is 1080 g/mol. The second kappa shape index (κ2) is 19.7. The van der Waals surface area contributed by atoms with E-state index in [1.165, 1.54) is 6.07 Å². The minimum Gasteiger partial charge on any atom is -0.461 e. The summed E-state index contributed by atoms with van der Waals surface area (Å²) < 4.78 is 58.0. The SMILES string of the molecule is C#Cc1c(F)ccc2cccc(-c3nc4c5c(nc(OC[C@@]67CCCN6[C@H](COC(=O)N6CCC(OC8CC9(C8)CN(c8ccc%10c(c8)CN(C8CCC(=O)NC8=O)C%10=O)C9)CC6)CC7)nc5c3F)N3CCCOC[C@@H]3CC4)c12. The number of carbonyl (C=O) groups excluding carboxylic acids is 4. The van der Waals surface area contributed by atoms with Crippen LogP contribution in [0.5, 0.6) is 6.01 Å². The number of ether oxygens (including phenoxy) is 4. The number of nitrogens with one attached hydrogen (secondary N) is 1. The molecule has 1 aliphatic carbocycles. The van der Waals surface area contributed by atoms with E-state index in [0.29, 0.717) is 97.5 Å². The van der Waals surface area contributed by atoms with Gasteiger partial charge in [0.2, 0.25) is 11.8 Å². The quantitative estimate of drug-likeness (QED) is 0.111. The highest BCUT2D eigenvalue weighted by molar-refractivity contribution is 6.06. The molecule has 3 aromatic carbocycles. The van der Waals surface area contributed by atoms with E-state index in [2.05, 4.69) is 32.0 Å². The Bertz CT molecular complexity index is 3390. The molecular formula is C60H63F2N9O8. The molecule has 9 aliphatic rings. The summed E-state index contributed by atoms with van der Waals surface area (Å²) in [4.78, 5) is 76.3. The van der Waals surface area contributed by atoms with Crippen molar-refractivity contribution in [2.45, 2.75) is 126 Å². The molecular weight excluding hydrogens is 1010 g/mol. The van der Waals surface area contributed by atoms with Crippen molar-refractivity contribution in [2.24, 2.45) is 5.41 Å². The Morgan fingerprint density at radius 2 is 1.73 bits per heavy atom. The largest absolute Gasteiger partial charge is 0.461 e. The summed E-state index contributed by atoms with van der Waals surface area (Å²) >= 11 is 0. The summed E-state index contributed by atoms with van der Waals surface area (Å²) in [5, 5.41) is 4.02. The molecule has 10 heterocycles. The van der Waals surface area contributed by atoms with Gasteiger partial charge in [-0.15, -0.1) is 6.42 Å². The number of piperidine rings is 2. The molecule has 19 heteroatoms. The van der Waals surface area contributed by atoms with Crippen molar-refractivity contribution in [3.05, 3.63) is 82.5 Å². The van der Waals surface area contributed by atoms with Crippen LogP contribution in [0.25, 0.3) is 32.9 Å². The van der Waals surface area contributed by atoms with Crippen molar-refractivity contribution in [3.63, 3.8) is 0 Å². The number of imide groups is 1. The maximum Gasteiger partial charge on any atom is 0.409 e. The summed E-state index contributed by atoms with van der Waals surface area (Å²) in [6, 6.07) is 13.7. The van der Waals surface area contributed by atoms with Gasteiger partial charge in [-0.25, -0.2) is 18.6 Å². The van der Waals surface area contributed by atoms with E-state index in [9.17, 15) is 19.2 Å². The first kappa shape index (κ1) is 50.2. The smallest absolute Gasteiger partial charge is 0.409 e. The number of halogens is 2. The van der Waals surface area contributed by atoms with Crippen LogP contribution in [-0.2, 0) is 36.8 Å². The average Bonchev–Trinajstić information content (AvgIpc) is 4.17. The molecule has 0 bridgehead atoms. The van der Waals surface area contributed by atoms with Crippen molar-refractivity contribution in [2.75, 3.05) is 75.5 Å². The maximum atomic E-state index is 17.4. The molecule has 1 N–H and O–H groups in total. The predicted octanol–water partition coefficient (Wildman–Crippen LogP) is 7.07. The lowest BCUT2D eigenvalue weighted by Crippen LogP contribution is -2.64. The Balaban J connectivity index is 0.585. The van der Waals surface area contributed by atoms with E-state index < -0.39 is 23.6 Å². The number of carbonyl (C=O) groups is 4. The van der Waals surface area contributed by atoms with Gasteiger partial charge in [-0.2, -0.15) is 9.97 Å². The number of benzene rings is 3. The highest BCUT2D eigenvalue weighted by Crippen LogP contribution is 2.52. The van der Waals surface area contributed by atoms with Gasteiger partial charge in [0.1, 0.15) is 42.1 Å². The van der Waals surface area contributed by atoms with Crippen LogP contribution in [-0.4, -0.2) is 155 Å². The zero-order chi connectivity index (χ0) is 53.7. The van der Waals surface area contributed by atoms with Gasteiger partial charge in [-0.05, 0) is 119 Å². The molecule has 0 radical (unpaired) electrons. The lowest BCUT2D eigenvalue weighted by molar-refractivity contribution is -0.137. The van der Waals surface area contributed by atoms with Gasteiger partial charge in [0.05, 0.1) is 47.0 Å². The van der Waals surface area contributed by atoms with Crippen LogP contribution in [0.4, 0.5) is 25.1 Å². The fourth-order valence-corrected chi connectivity index (χ4v) is 14.8. The van der Waals surface area contributed by atoms with Crippen LogP contribution in [0.1, 0.15) is 104 Å². The number of amides is 4. The second-order valence-corrected chi connectivity index (χ2v) is 23.6. The molecule has 410 valence electrons. The topological polar surface area (TPSA) is 172 Å². The van der Waals surface area contributed by atoms with Crippen LogP contribution in [0.2, 0.25) is 0 Å². The Hall–Kier alpha value is -7.01. The van der Waals surface area contributed by atoms with Crippen molar-refractivity contribution in [1.29, 1.82) is 0 Å². The number of aryl methyl sites for hydroxylation is 1. The third kappa shape index (κ3) is 8.71. The van der Waals surface area contributed by atoms with Crippen LogP contribution < -0.4 is 19.9 Å². The third-order valence-electron chi connectivity index (χ3n) is 18.9. The molecule has 4 atom stereocenters. The van der Waals surface area contributed by atoms with Crippen molar-refractivity contribution < 1.29 is 46.9 Å². The number of likely N-dealkylation sites (tertiary alicyclic amines) is 1. The van der Waals surface area contributed by atoms with Crippen molar-refractivity contribution >= 4 is 57.0 Å². The summed E-state index contributed by atoms with van der Waals surface area (Å²) in [6.45, 7) is 6.58. The number of hydrogen-bond acceptors (Lipinski definition) is 14. The number of fused-ring (bicyclic) bond motifs is 5. The zero-order valence-electron chi connectivity index (χ0n) is 44.2. The number of anilines is 2. The standard InChI is InChI=1S/C60H63F2N9O8/c1-2-42-45(61)12-8-35-6-3-7-44(49(35)42)52-51(62)53-50-46(63-52)13-10-38-30-76-25-5-21-69(38)54(50)66-57(65-53)78-34-60-19-4-22-71(60)39(16-20-60)31-77-58(75)67-23-17-40(18-24-67)79-41-27-59(28-41)32-68(33-59)37-9-11-43-36(26-37)29-70(56(43)74)47-14-15-48(72)64-55(47)73/h1,3,6-9,11-12,26,38-41,47H,4-5,10,13-25,27-34H2,(H,64,72,73)/t38-,39-,47?,60-/m0/s1. The van der Waals surface area contributed by atoms with Gasteiger partial charge in [0.15, 0.2) is 5.82 Å². The summed E-state index contributed by atoms with van der Waals surface area (Å²) in [6.07, 6.45) is 15.5. The van der Waals surface area contributed by atoms with E-state index in [-0.39, 0.29) is 95.6 Å². The van der Waals surface area contributed by atoms with Gasteiger partial charge in [0, 0.05) is 86.0 Å². The molecule has 17 nitrogen and oxygen atoms in total. The zero-order valence-corrected chi connectivity index (χ0v) is 44.2. The molecule has 1 spiro atoms. The highest BCUT2D eigenvalue weighted by atomic mass is 19.1. The molecule has 5 aromatic rings. The first-order valence-electron chi connectivity index (χ1n) is 28.4. The van der Waals surface area contributed by atoms with Crippen LogP contribution >= 0.6 is 0 Å². The number of aromatic nitrogens is 3. The number of nitrogens with zero attached hydrogens (tertiary/aromatic N) is 8. The van der Waals surface area contributed by atoms with Gasteiger partial charge >= 0.3 is 12.1 Å². The molecule has 2 aromatic heterocycles. The molecule has 14 rings (SSSR count). The molecule has 4 amide bonds. The van der Waals surface area contributed by atoms with Crippen molar-refractivity contribution in [1.82, 2.24) is 35.0 Å². The summed E-state index contributed by atoms with van der Waals surface area (Å²) in [7, 11) is 0. The van der Waals surface area contributed by atoms with E-state index in [1.807, 2.05) is 18.2 Å². The first-order valence-corrected chi connectivity index (χ1v) is 28.4. The summed E-state index contributed by atoms with van der Waals surface area (Å²) in [5.41, 5.74) is 3.76. The van der Waals surface area contributed by atoms with E-state index in [1.54, 1.807) is 28.0 Å². The van der Waals surface area contributed by atoms with Crippen LogP contribution in [0.3, 0.4) is 0 Å². The van der Waals surface area contributed by atoms with E-state index in [4.69, 9.17) is 40.3 Å². The Morgan fingerprint density at radius 3 is 2.57 bits per heavy atom. The number of terminal acetylenes is 1. The minimum absolute atomic E-state index is 0.0109. The molecule has 6 saturated heterocycles. The van der Waals surface area contributed by atoms with Crippen molar-refractivity contribution in [3.8, 4) is 29.6 Å². The number of hydrogen-bond donors (Lipinski definition) is 1. The lowest BCUT2D eigenvalue weighted by Gasteiger charge is -2.60. The minimum atomic E-state index is -0.649. The predicted molar refractivity (Wildman–Crippen MR) is 287 cm³/mol. The van der Waals surface area contributed by atoms with Gasteiger partial charge in [-0.3, -0.25) is 24.6 Å². The van der Waals surface area contributed by atoms with E-state index in [0.717, 1.165) is 88.7 Å². The first-order chi connectivity index (χ1) is 38.4. The third-order valence-corrected chi connectivity index (χ3v) is 18.9. The van der Waals surface area contributed by atoms with Gasteiger partial charge < -0.3 is 38.5 Å². The molecule has 1 unspecified atom stereocenters. The lowest BCUT2D eigenvalue weighted by atomic mass is 9.61. The number of pyridine rings is 1. The normalized spacial score (nSPS) is 25.8. The van der Waals surface area contributed by atoms with Crippen LogP contribution in [0.15, 0.2) is 48.5 Å². The van der Waals surface area contributed by atoms with Crippen LogP contribution in [0, 0.1) is 29.4 Å².